The molecular weight excluding hydrogens is 234 g/mol. The van der Waals surface area contributed by atoms with Gasteiger partial charge in [0.1, 0.15) is 5.78 Å². The fourth-order valence-electron chi connectivity index (χ4n) is 2.16. The molecule has 1 aromatic carbocycles. The van der Waals surface area contributed by atoms with Crippen LogP contribution in [0.5, 0.6) is 0 Å². The first-order valence-electron chi connectivity index (χ1n) is 7.39. The summed E-state index contributed by atoms with van der Waals surface area (Å²) in [5.74, 6) is 0.886. The van der Waals surface area contributed by atoms with Crippen molar-refractivity contribution in [3.63, 3.8) is 0 Å². The number of nitrogens with zero attached hydrogens (tertiary/aromatic N) is 1. The monoisotopic (exact) mass is 261 g/mol. The zero-order valence-corrected chi connectivity index (χ0v) is 12.8. The molecular formula is C17H27NO. The molecule has 0 aromatic heterocycles. The summed E-state index contributed by atoms with van der Waals surface area (Å²) in [6.07, 6.45) is 1.23. The highest BCUT2D eigenvalue weighted by Crippen LogP contribution is 2.15. The van der Waals surface area contributed by atoms with Gasteiger partial charge in [0.15, 0.2) is 0 Å². The van der Waals surface area contributed by atoms with E-state index in [4.69, 9.17) is 0 Å². The van der Waals surface area contributed by atoms with E-state index in [9.17, 15) is 4.79 Å². The van der Waals surface area contributed by atoms with Gasteiger partial charge in [0.25, 0.3) is 0 Å². The Bertz CT molecular complexity index is 377. The Hall–Kier alpha value is -1.15. The molecule has 106 valence electrons. The van der Waals surface area contributed by atoms with Crippen LogP contribution in [-0.2, 0) is 11.2 Å². The SMILES string of the molecule is CCN(CC)CCC(=O)Cc1ccc(C(C)C)cc1. The molecule has 0 N–H and O–H groups in total. The molecule has 0 aliphatic rings. The van der Waals surface area contributed by atoms with Crippen molar-refractivity contribution < 1.29 is 4.79 Å². The minimum atomic E-state index is 0.337. The average molecular weight is 261 g/mol. The van der Waals surface area contributed by atoms with Crippen LogP contribution in [0.15, 0.2) is 24.3 Å². The van der Waals surface area contributed by atoms with Gasteiger partial charge in [0.05, 0.1) is 0 Å². The first-order chi connectivity index (χ1) is 9.06. The van der Waals surface area contributed by atoms with Crippen molar-refractivity contribution in [1.82, 2.24) is 4.90 Å². The smallest absolute Gasteiger partial charge is 0.138 e. The molecule has 1 aromatic rings. The second kappa shape index (κ2) is 8.11. The Labute approximate surface area is 117 Å². The van der Waals surface area contributed by atoms with Crippen LogP contribution in [0.25, 0.3) is 0 Å². The molecule has 0 spiro atoms. The minimum absolute atomic E-state index is 0.337. The molecule has 0 saturated heterocycles. The minimum Gasteiger partial charge on any atom is -0.303 e. The van der Waals surface area contributed by atoms with Crippen LogP contribution < -0.4 is 0 Å². The summed E-state index contributed by atoms with van der Waals surface area (Å²) in [6.45, 7) is 11.6. The molecule has 19 heavy (non-hydrogen) atoms. The van der Waals surface area contributed by atoms with Gasteiger partial charge in [0, 0.05) is 19.4 Å². The van der Waals surface area contributed by atoms with Crippen molar-refractivity contribution >= 4 is 5.78 Å². The standard InChI is InChI=1S/C17H27NO/c1-5-18(6-2)12-11-17(19)13-15-7-9-16(10-8-15)14(3)4/h7-10,14H,5-6,11-13H2,1-4H3. The lowest BCUT2D eigenvalue weighted by Crippen LogP contribution is -2.26. The van der Waals surface area contributed by atoms with Crippen molar-refractivity contribution in [1.29, 1.82) is 0 Å². The topological polar surface area (TPSA) is 20.3 Å². The molecule has 0 fully saturated rings. The summed E-state index contributed by atoms with van der Waals surface area (Å²) in [5.41, 5.74) is 2.47. The van der Waals surface area contributed by atoms with E-state index in [1.54, 1.807) is 0 Å². The van der Waals surface area contributed by atoms with Crippen LogP contribution in [0.1, 0.15) is 51.2 Å². The Kier molecular flexibility index (Phi) is 6.79. The van der Waals surface area contributed by atoms with Crippen molar-refractivity contribution in [3.05, 3.63) is 35.4 Å². The highest BCUT2D eigenvalue weighted by atomic mass is 16.1. The predicted octanol–water partition coefficient (Wildman–Crippen LogP) is 3.65. The summed E-state index contributed by atoms with van der Waals surface area (Å²) in [5, 5.41) is 0. The third kappa shape index (κ3) is 5.56. The molecule has 2 heteroatoms. The van der Waals surface area contributed by atoms with Crippen LogP contribution in [0.3, 0.4) is 0 Å². The molecule has 2 nitrogen and oxygen atoms in total. The van der Waals surface area contributed by atoms with Gasteiger partial charge < -0.3 is 4.90 Å². The first-order valence-corrected chi connectivity index (χ1v) is 7.39. The van der Waals surface area contributed by atoms with Crippen LogP contribution >= 0.6 is 0 Å². The van der Waals surface area contributed by atoms with Gasteiger partial charge in [-0.15, -0.1) is 0 Å². The summed E-state index contributed by atoms with van der Waals surface area (Å²) in [4.78, 5) is 14.2. The number of Topliss-reactive ketones (excluding diaryl/α,β-unsaturated/α-hetero) is 1. The summed E-state index contributed by atoms with van der Waals surface area (Å²) in [7, 11) is 0. The number of rotatable bonds is 8. The number of hydrogen-bond acceptors (Lipinski definition) is 2. The van der Waals surface area contributed by atoms with E-state index in [1.165, 1.54) is 5.56 Å². The fourth-order valence-corrected chi connectivity index (χ4v) is 2.16. The number of hydrogen-bond donors (Lipinski definition) is 0. The third-order valence-electron chi connectivity index (χ3n) is 3.65. The Balaban J connectivity index is 2.44. The predicted molar refractivity (Wildman–Crippen MR) is 81.6 cm³/mol. The largest absolute Gasteiger partial charge is 0.303 e. The number of carbonyl (C=O) groups excluding carboxylic acids is 1. The third-order valence-corrected chi connectivity index (χ3v) is 3.65. The van der Waals surface area contributed by atoms with Gasteiger partial charge in [-0.25, -0.2) is 0 Å². The molecule has 0 saturated carbocycles. The van der Waals surface area contributed by atoms with Crippen LogP contribution in [0, 0.1) is 0 Å². The molecule has 0 aliphatic carbocycles. The highest BCUT2D eigenvalue weighted by Gasteiger charge is 2.07. The normalized spacial score (nSPS) is 11.3. The van der Waals surface area contributed by atoms with Crippen molar-refractivity contribution in [3.8, 4) is 0 Å². The zero-order chi connectivity index (χ0) is 14.3. The highest BCUT2D eigenvalue weighted by molar-refractivity contribution is 5.81. The van der Waals surface area contributed by atoms with Gasteiger partial charge in [-0.05, 0) is 30.1 Å². The van der Waals surface area contributed by atoms with E-state index in [0.717, 1.165) is 25.2 Å². The lowest BCUT2D eigenvalue weighted by Gasteiger charge is -2.17. The number of benzene rings is 1. The quantitative estimate of drug-likeness (QED) is 0.712. The van der Waals surface area contributed by atoms with E-state index >= 15 is 0 Å². The van der Waals surface area contributed by atoms with Gasteiger partial charge >= 0.3 is 0 Å². The molecule has 0 unspecified atom stereocenters. The Morgan fingerprint density at radius 3 is 2.16 bits per heavy atom. The lowest BCUT2D eigenvalue weighted by molar-refractivity contribution is -0.118. The Morgan fingerprint density at radius 2 is 1.68 bits per heavy atom. The molecule has 0 amide bonds. The second-order valence-corrected chi connectivity index (χ2v) is 5.39. The van der Waals surface area contributed by atoms with E-state index in [2.05, 4.69) is 56.9 Å². The molecule has 0 bridgehead atoms. The molecule has 0 radical (unpaired) electrons. The van der Waals surface area contributed by atoms with Gasteiger partial charge in [-0.1, -0.05) is 52.0 Å². The maximum atomic E-state index is 11.9. The maximum Gasteiger partial charge on any atom is 0.138 e. The van der Waals surface area contributed by atoms with Gasteiger partial charge in [-0.3, -0.25) is 4.79 Å². The zero-order valence-electron chi connectivity index (χ0n) is 12.8. The van der Waals surface area contributed by atoms with Gasteiger partial charge in [-0.2, -0.15) is 0 Å². The average Bonchev–Trinajstić information content (AvgIpc) is 2.40. The van der Waals surface area contributed by atoms with E-state index in [0.29, 0.717) is 24.5 Å². The van der Waals surface area contributed by atoms with E-state index in [1.807, 2.05) is 0 Å². The van der Waals surface area contributed by atoms with Crippen molar-refractivity contribution in [2.24, 2.45) is 0 Å². The molecule has 0 heterocycles. The van der Waals surface area contributed by atoms with Crippen LogP contribution in [0.4, 0.5) is 0 Å². The van der Waals surface area contributed by atoms with E-state index in [-0.39, 0.29) is 0 Å². The summed E-state index contributed by atoms with van der Waals surface area (Å²) in [6, 6.07) is 8.45. The lowest BCUT2D eigenvalue weighted by atomic mass is 9.99. The molecule has 0 aliphatic heterocycles. The molecule has 1 rings (SSSR count). The van der Waals surface area contributed by atoms with Crippen molar-refractivity contribution in [2.45, 2.75) is 46.5 Å². The maximum absolute atomic E-state index is 11.9. The van der Waals surface area contributed by atoms with E-state index < -0.39 is 0 Å². The molecule has 0 atom stereocenters. The fraction of sp³-hybridized carbons (Fsp3) is 0.588. The van der Waals surface area contributed by atoms with Crippen LogP contribution in [0.2, 0.25) is 0 Å². The second-order valence-electron chi connectivity index (χ2n) is 5.39. The number of ketones is 1. The Morgan fingerprint density at radius 1 is 1.11 bits per heavy atom. The summed E-state index contributed by atoms with van der Waals surface area (Å²) >= 11 is 0. The first kappa shape index (κ1) is 15.9. The van der Waals surface area contributed by atoms with Crippen molar-refractivity contribution in [2.75, 3.05) is 19.6 Å². The summed E-state index contributed by atoms with van der Waals surface area (Å²) < 4.78 is 0. The number of carbonyl (C=O) groups is 1. The van der Waals surface area contributed by atoms with Gasteiger partial charge in [0.2, 0.25) is 0 Å². The van der Waals surface area contributed by atoms with Crippen LogP contribution in [-0.4, -0.2) is 30.3 Å².